The molecule has 0 fully saturated rings. The summed E-state index contributed by atoms with van der Waals surface area (Å²) in [7, 11) is 1.26. The molecule has 4 nitrogen and oxygen atoms in total. The minimum absolute atomic E-state index is 0.210. The largest absolute Gasteiger partial charge is 0.467 e. The van der Waals surface area contributed by atoms with Crippen molar-refractivity contribution >= 4 is 35.1 Å². The third-order valence-electron chi connectivity index (χ3n) is 3.02. The monoisotopic (exact) mass is 337 g/mol. The molecule has 0 aliphatic heterocycles. The van der Waals surface area contributed by atoms with Gasteiger partial charge < -0.3 is 10.1 Å². The molecule has 0 spiro atoms. The van der Waals surface area contributed by atoms with Gasteiger partial charge in [-0.25, -0.2) is 4.79 Å². The Morgan fingerprint density at radius 3 is 2.36 bits per heavy atom. The Morgan fingerprint density at radius 1 is 1.09 bits per heavy atom. The Balaban J connectivity index is 2.27. The third-order valence-corrected chi connectivity index (χ3v) is 3.57. The lowest BCUT2D eigenvalue weighted by Crippen LogP contribution is -2.34. The molecule has 2 aromatic carbocycles. The van der Waals surface area contributed by atoms with Crippen LogP contribution in [-0.2, 0) is 9.53 Å². The Hall–Kier alpha value is -2.04. The van der Waals surface area contributed by atoms with Gasteiger partial charge in [0.2, 0.25) is 0 Å². The van der Waals surface area contributed by atoms with Crippen LogP contribution in [0.5, 0.6) is 0 Å². The Bertz CT molecular complexity index is 689. The minimum atomic E-state index is -0.912. The fourth-order valence-corrected chi connectivity index (χ4v) is 2.42. The van der Waals surface area contributed by atoms with E-state index in [2.05, 4.69) is 5.32 Å². The number of amides is 1. The molecule has 2 rings (SSSR count). The number of rotatable bonds is 4. The van der Waals surface area contributed by atoms with E-state index in [0.29, 0.717) is 10.6 Å². The van der Waals surface area contributed by atoms with Crippen LogP contribution in [0, 0.1) is 0 Å². The first-order valence-corrected chi connectivity index (χ1v) is 7.17. The van der Waals surface area contributed by atoms with Crippen molar-refractivity contribution in [2.24, 2.45) is 0 Å². The lowest BCUT2D eigenvalue weighted by Gasteiger charge is -2.17. The SMILES string of the molecule is COC(=O)[C@@H](NC(=O)c1ccc(Cl)cc1Cl)c1ccccc1. The van der Waals surface area contributed by atoms with Crippen molar-refractivity contribution in [2.75, 3.05) is 7.11 Å². The van der Waals surface area contributed by atoms with Crippen LogP contribution in [0.1, 0.15) is 22.0 Å². The molecule has 0 bridgehead atoms. The number of esters is 1. The molecule has 0 unspecified atom stereocenters. The summed E-state index contributed by atoms with van der Waals surface area (Å²) < 4.78 is 4.75. The highest BCUT2D eigenvalue weighted by Crippen LogP contribution is 2.22. The smallest absolute Gasteiger partial charge is 0.333 e. The van der Waals surface area contributed by atoms with Crippen molar-refractivity contribution in [3.8, 4) is 0 Å². The topological polar surface area (TPSA) is 55.4 Å². The van der Waals surface area contributed by atoms with Crippen molar-refractivity contribution in [1.29, 1.82) is 0 Å². The van der Waals surface area contributed by atoms with Crippen molar-refractivity contribution in [1.82, 2.24) is 5.32 Å². The molecule has 22 heavy (non-hydrogen) atoms. The Morgan fingerprint density at radius 2 is 1.77 bits per heavy atom. The van der Waals surface area contributed by atoms with E-state index in [0.717, 1.165) is 0 Å². The zero-order valence-electron chi connectivity index (χ0n) is 11.7. The number of carbonyl (C=O) groups excluding carboxylic acids is 2. The molecule has 0 heterocycles. The van der Waals surface area contributed by atoms with Gasteiger partial charge in [0.15, 0.2) is 6.04 Å². The van der Waals surface area contributed by atoms with Crippen molar-refractivity contribution in [3.63, 3.8) is 0 Å². The zero-order valence-corrected chi connectivity index (χ0v) is 13.2. The van der Waals surface area contributed by atoms with Crippen molar-refractivity contribution in [3.05, 3.63) is 69.7 Å². The second-order valence-corrected chi connectivity index (χ2v) is 5.31. The molecule has 2 aromatic rings. The predicted molar refractivity (Wildman–Crippen MR) is 85.1 cm³/mol. The molecule has 0 radical (unpaired) electrons. The molecular formula is C16H13Cl2NO3. The maximum atomic E-state index is 12.3. The van der Waals surface area contributed by atoms with Crippen LogP contribution in [0.25, 0.3) is 0 Å². The summed E-state index contributed by atoms with van der Waals surface area (Å²) in [4.78, 5) is 24.3. The summed E-state index contributed by atoms with van der Waals surface area (Å²) in [6.07, 6.45) is 0. The molecule has 1 amide bonds. The summed E-state index contributed by atoms with van der Waals surface area (Å²) in [5.41, 5.74) is 0.851. The van der Waals surface area contributed by atoms with Crippen LogP contribution in [0.4, 0.5) is 0 Å². The predicted octanol–water partition coefficient (Wildman–Crippen LogP) is 3.64. The summed E-state index contributed by atoms with van der Waals surface area (Å²) in [5.74, 6) is -1.05. The quantitative estimate of drug-likeness (QED) is 0.866. The maximum absolute atomic E-state index is 12.3. The lowest BCUT2D eigenvalue weighted by molar-refractivity contribution is -0.143. The van der Waals surface area contributed by atoms with Gasteiger partial charge in [0.05, 0.1) is 17.7 Å². The van der Waals surface area contributed by atoms with Gasteiger partial charge in [-0.15, -0.1) is 0 Å². The van der Waals surface area contributed by atoms with Gasteiger partial charge in [0.25, 0.3) is 5.91 Å². The summed E-state index contributed by atoms with van der Waals surface area (Å²) >= 11 is 11.8. The van der Waals surface area contributed by atoms with Gasteiger partial charge in [-0.3, -0.25) is 4.79 Å². The zero-order chi connectivity index (χ0) is 16.1. The highest BCUT2D eigenvalue weighted by molar-refractivity contribution is 6.36. The average molecular weight is 338 g/mol. The van der Waals surface area contributed by atoms with Gasteiger partial charge in [0, 0.05) is 5.02 Å². The number of nitrogens with one attached hydrogen (secondary N) is 1. The summed E-state index contributed by atoms with van der Waals surface area (Å²) in [6, 6.07) is 12.4. The minimum Gasteiger partial charge on any atom is -0.467 e. The van der Waals surface area contributed by atoms with E-state index in [1.807, 2.05) is 6.07 Å². The van der Waals surface area contributed by atoms with Gasteiger partial charge in [-0.05, 0) is 23.8 Å². The molecule has 0 saturated heterocycles. The fraction of sp³-hybridized carbons (Fsp3) is 0.125. The first-order chi connectivity index (χ1) is 10.5. The van der Waals surface area contributed by atoms with Crippen LogP contribution in [0.15, 0.2) is 48.5 Å². The lowest BCUT2D eigenvalue weighted by atomic mass is 10.1. The van der Waals surface area contributed by atoms with E-state index in [1.165, 1.54) is 19.2 Å². The van der Waals surface area contributed by atoms with Crippen molar-refractivity contribution < 1.29 is 14.3 Å². The molecule has 0 aromatic heterocycles. The van der Waals surface area contributed by atoms with Gasteiger partial charge in [0.1, 0.15) is 0 Å². The van der Waals surface area contributed by atoms with Crippen LogP contribution >= 0.6 is 23.2 Å². The maximum Gasteiger partial charge on any atom is 0.333 e. The number of hydrogen-bond acceptors (Lipinski definition) is 3. The molecule has 0 aliphatic carbocycles. The first kappa shape index (κ1) is 16.3. The molecule has 0 saturated carbocycles. The second-order valence-electron chi connectivity index (χ2n) is 4.46. The van der Waals surface area contributed by atoms with Crippen LogP contribution < -0.4 is 5.32 Å². The standard InChI is InChI=1S/C16H13Cl2NO3/c1-22-16(21)14(10-5-3-2-4-6-10)19-15(20)12-8-7-11(17)9-13(12)18/h2-9,14H,1H3,(H,19,20)/t14-/m0/s1. The molecular weight excluding hydrogens is 325 g/mol. The van der Waals surface area contributed by atoms with E-state index >= 15 is 0 Å². The molecule has 114 valence electrons. The number of ether oxygens (including phenoxy) is 1. The number of hydrogen-bond donors (Lipinski definition) is 1. The Labute approximate surface area is 138 Å². The van der Waals surface area contributed by atoms with Gasteiger partial charge in [-0.1, -0.05) is 53.5 Å². The normalized spacial score (nSPS) is 11.6. The highest BCUT2D eigenvalue weighted by atomic mass is 35.5. The van der Waals surface area contributed by atoms with Crippen molar-refractivity contribution in [2.45, 2.75) is 6.04 Å². The number of methoxy groups -OCH3 is 1. The first-order valence-electron chi connectivity index (χ1n) is 6.41. The third kappa shape index (κ3) is 3.78. The summed E-state index contributed by atoms with van der Waals surface area (Å²) in [6.45, 7) is 0. The number of benzene rings is 2. The van der Waals surface area contributed by atoms with Crippen LogP contribution in [-0.4, -0.2) is 19.0 Å². The van der Waals surface area contributed by atoms with Crippen LogP contribution in [0.3, 0.4) is 0 Å². The van der Waals surface area contributed by atoms with E-state index in [1.54, 1.807) is 30.3 Å². The van der Waals surface area contributed by atoms with E-state index in [9.17, 15) is 9.59 Å². The summed E-state index contributed by atoms with van der Waals surface area (Å²) in [5, 5.41) is 3.25. The van der Waals surface area contributed by atoms with Gasteiger partial charge >= 0.3 is 5.97 Å². The number of carbonyl (C=O) groups is 2. The van der Waals surface area contributed by atoms with E-state index in [-0.39, 0.29) is 10.6 Å². The highest BCUT2D eigenvalue weighted by Gasteiger charge is 2.24. The Kier molecular flexibility index (Phi) is 5.41. The van der Waals surface area contributed by atoms with Crippen LogP contribution in [0.2, 0.25) is 10.0 Å². The molecule has 1 atom stereocenters. The molecule has 0 aliphatic rings. The average Bonchev–Trinajstić information content (AvgIpc) is 2.52. The van der Waals surface area contributed by atoms with E-state index < -0.39 is 17.9 Å². The molecule has 1 N–H and O–H groups in total. The van der Waals surface area contributed by atoms with Gasteiger partial charge in [-0.2, -0.15) is 0 Å². The fourth-order valence-electron chi connectivity index (χ4n) is 1.92. The number of halogens is 2. The molecule has 6 heteroatoms. The van der Waals surface area contributed by atoms with E-state index in [4.69, 9.17) is 27.9 Å². The second kappa shape index (κ2) is 7.29.